The molecule has 1 aliphatic heterocycles. The zero-order chi connectivity index (χ0) is 13.0. The minimum Gasteiger partial charge on any atom is -0.480 e. The maximum Gasteiger partial charge on any atom is 0.320 e. The van der Waals surface area contributed by atoms with Crippen molar-refractivity contribution in [1.82, 2.24) is 4.90 Å². The Bertz CT molecular complexity index is 383. The Morgan fingerprint density at radius 1 is 1.33 bits per heavy atom. The number of benzene rings is 1. The van der Waals surface area contributed by atoms with E-state index < -0.39 is 5.97 Å². The Hall–Kier alpha value is -1.35. The third kappa shape index (κ3) is 3.33. The molecular formula is C15H21NO2. The summed E-state index contributed by atoms with van der Waals surface area (Å²) in [6, 6.07) is 10.2. The summed E-state index contributed by atoms with van der Waals surface area (Å²) in [6.45, 7) is 3.59. The molecule has 2 rings (SSSR count). The van der Waals surface area contributed by atoms with E-state index in [9.17, 15) is 4.79 Å². The number of hydrogen-bond donors (Lipinski definition) is 1. The quantitative estimate of drug-likeness (QED) is 0.888. The standard InChI is InChI=1S/C15H21NO2/c1-12(15(17)18)16-9-7-14(8-10-16)11-13-5-3-2-4-6-13/h2-6,12,14H,7-11H2,1H3,(H,17,18)/t12-/m0/s1. The van der Waals surface area contributed by atoms with Crippen molar-refractivity contribution < 1.29 is 9.90 Å². The number of carboxylic acids is 1. The first-order chi connectivity index (χ1) is 8.66. The van der Waals surface area contributed by atoms with Crippen LogP contribution >= 0.6 is 0 Å². The fraction of sp³-hybridized carbons (Fsp3) is 0.533. The summed E-state index contributed by atoms with van der Waals surface area (Å²) in [5.41, 5.74) is 1.39. The predicted octanol–water partition coefficient (Wildman–Crippen LogP) is 2.41. The van der Waals surface area contributed by atoms with Gasteiger partial charge in [0.2, 0.25) is 0 Å². The average Bonchev–Trinajstić information content (AvgIpc) is 2.40. The molecule has 1 heterocycles. The molecule has 0 unspecified atom stereocenters. The number of carboxylic acid groups (broad SMARTS) is 1. The van der Waals surface area contributed by atoms with Gasteiger partial charge in [-0.1, -0.05) is 30.3 Å². The third-order valence-corrected chi connectivity index (χ3v) is 3.92. The number of hydrogen-bond acceptors (Lipinski definition) is 2. The summed E-state index contributed by atoms with van der Waals surface area (Å²) < 4.78 is 0. The highest BCUT2D eigenvalue weighted by Crippen LogP contribution is 2.22. The molecular weight excluding hydrogens is 226 g/mol. The minimum atomic E-state index is -0.712. The van der Waals surface area contributed by atoms with E-state index in [0.717, 1.165) is 32.4 Å². The summed E-state index contributed by atoms with van der Waals surface area (Å²) in [6.07, 6.45) is 3.33. The van der Waals surface area contributed by atoms with Gasteiger partial charge in [0.05, 0.1) is 0 Å². The van der Waals surface area contributed by atoms with Gasteiger partial charge in [-0.3, -0.25) is 9.69 Å². The predicted molar refractivity (Wildman–Crippen MR) is 71.5 cm³/mol. The van der Waals surface area contributed by atoms with Crippen LogP contribution in [-0.2, 0) is 11.2 Å². The molecule has 0 saturated carbocycles. The Kier molecular flexibility index (Phi) is 4.37. The summed E-state index contributed by atoms with van der Waals surface area (Å²) in [4.78, 5) is 13.0. The van der Waals surface area contributed by atoms with Crippen LogP contribution in [0.5, 0.6) is 0 Å². The lowest BCUT2D eigenvalue weighted by molar-refractivity contribution is -0.143. The smallest absolute Gasteiger partial charge is 0.320 e. The van der Waals surface area contributed by atoms with Crippen LogP contribution in [-0.4, -0.2) is 35.1 Å². The topological polar surface area (TPSA) is 40.5 Å². The fourth-order valence-electron chi connectivity index (χ4n) is 2.65. The molecule has 3 heteroatoms. The molecule has 0 bridgehead atoms. The van der Waals surface area contributed by atoms with Gasteiger partial charge >= 0.3 is 5.97 Å². The van der Waals surface area contributed by atoms with Gasteiger partial charge in [-0.15, -0.1) is 0 Å². The molecule has 1 saturated heterocycles. The van der Waals surface area contributed by atoms with Crippen molar-refractivity contribution in [2.45, 2.75) is 32.2 Å². The number of likely N-dealkylation sites (tertiary alicyclic amines) is 1. The van der Waals surface area contributed by atoms with Crippen molar-refractivity contribution >= 4 is 5.97 Å². The lowest BCUT2D eigenvalue weighted by Crippen LogP contribution is -2.44. The van der Waals surface area contributed by atoms with E-state index in [-0.39, 0.29) is 6.04 Å². The zero-order valence-electron chi connectivity index (χ0n) is 10.9. The number of rotatable bonds is 4. The molecule has 3 nitrogen and oxygen atoms in total. The van der Waals surface area contributed by atoms with Crippen LogP contribution in [0.3, 0.4) is 0 Å². The van der Waals surface area contributed by atoms with Crippen LogP contribution in [0.2, 0.25) is 0 Å². The lowest BCUT2D eigenvalue weighted by atomic mass is 9.90. The third-order valence-electron chi connectivity index (χ3n) is 3.92. The first-order valence-corrected chi connectivity index (χ1v) is 6.67. The van der Waals surface area contributed by atoms with Gasteiger partial charge in [-0.25, -0.2) is 0 Å². The second-order valence-electron chi connectivity index (χ2n) is 5.18. The molecule has 0 amide bonds. The van der Waals surface area contributed by atoms with E-state index in [4.69, 9.17) is 5.11 Å². The molecule has 0 aliphatic carbocycles. The van der Waals surface area contributed by atoms with Gasteiger partial charge < -0.3 is 5.11 Å². The number of carbonyl (C=O) groups is 1. The molecule has 0 spiro atoms. The lowest BCUT2D eigenvalue weighted by Gasteiger charge is -2.34. The highest BCUT2D eigenvalue weighted by atomic mass is 16.4. The molecule has 0 aromatic heterocycles. The van der Waals surface area contributed by atoms with Crippen molar-refractivity contribution in [3.63, 3.8) is 0 Å². The molecule has 1 atom stereocenters. The van der Waals surface area contributed by atoms with Crippen molar-refractivity contribution in [3.05, 3.63) is 35.9 Å². The van der Waals surface area contributed by atoms with Gasteiger partial charge in [0.25, 0.3) is 0 Å². The van der Waals surface area contributed by atoms with E-state index in [2.05, 4.69) is 29.2 Å². The van der Waals surface area contributed by atoms with Crippen LogP contribution in [0.15, 0.2) is 30.3 Å². The van der Waals surface area contributed by atoms with Gasteiger partial charge in [-0.05, 0) is 50.8 Å². The summed E-state index contributed by atoms with van der Waals surface area (Å²) >= 11 is 0. The van der Waals surface area contributed by atoms with E-state index in [0.29, 0.717) is 5.92 Å². The van der Waals surface area contributed by atoms with Crippen molar-refractivity contribution in [2.75, 3.05) is 13.1 Å². The summed E-state index contributed by atoms with van der Waals surface area (Å²) in [5.74, 6) is -0.0128. The molecule has 1 fully saturated rings. The largest absolute Gasteiger partial charge is 0.480 e. The fourth-order valence-corrected chi connectivity index (χ4v) is 2.65. The number of aliphatic carboxylic acids is 1. The first-order valence-electron chi connectivity index (χ1n) is 6.67. The van der Waals surface area contributed by atoms with Crippen molar-refractivity contribution in [3.8, 4) is 0 Å². The van der Waals surface area contributed by atoms with Crippen LogP contribution in [0.4, 0.5) is 0 Å². The van der Waals surface area contributed by atoms with E-state index in [1.54, 1.807) is 6.92 Å². The minimum absolute atomic E-state index is 0.345. The Morgan fingerprint density at radius 3 is 2.50 bits per heavy atom. The second kappa shape index (κ2) is 6.01. The average molecular weight is 247 g/mol. The molecule has 1 aromatic carbocycles. The SMILES string of the molecule is C[C@@H](C(=O)O)N1CCC(Cc2ccccc2)CC1. The van der Waals surface area contributed by atoms with Gasteiger partial charge in [0, 0.05) is 0 Å². The van der Waals surface area contributed by atoms with Gasteiger partial charge in [0.15, 0.2) is 0 Å². The van der Waals surface area contributed by atoms with Crippen molar-refractivity contribution in [1.29, 1.82) is 0 Å². The molecule has 0 radical (unpaired) electrons. The highest BCUT2D eigenvalue weighted by molar-refractivity contribution is 5.72. The monoisotopic (exact) mass is 247 g/mol. The summed E-state index contributed by atoms with van der Waals surface area (Å²) in [7, 11) is 0. The maximum absolute atomic E-state index is 10.9. The second-order valence-corrected chi connectivity index (χ2v) is 5.18. The highest BCUT2D eigenvalue weighted by Gasteiger charge is 2.26. The number of piperidine rings is 1. The van der Waals surface area contributed by atoms with E-state index in [1.807, 2.05) is 6.07 Å². The van der Waals surface area contributed by atoms with E-state index >= 15 is 0 Å². The normalized spacial score (nSPS) is 19.6. The number of nitrogens with zero attached hydrogens (tertiary/aromatic N) is 1. The Morgan fingerprint density at radius 2 is 1.94 bits per heavy atom. The zero-order valence-corrected chi connectivity index (χ0v) is 10.9. The van der Waals surface area contributed by atoms with Gasteiger partial charge in [-0.2, -0.15) is 0 Å². The maximum atomic E-state index is 10.9. The summed E-state index contributed by atoms with van der Waals surface area (Å²) in [5, 5.41) is 8.99. The molecule has 1 aliphatic rings. The Balaban J connectivity index is 1.82. The van der Waals surface area contributed by atoms with Gasteiger partial charge in [0.1, 0.15) is 6.04 Å². The molecule has 98 valence electrons. The van der Waals surface area contributed by atoms with Crippen LogP contribution in [0.25, 0.3) is 0 Å². The molecule has 1 N–H and O–H groups in total. The Labute approximate surface area is 108 Å². The van der Waals surface area contributed by atoms with Crippen LogP contribution in [0, 0.1) is 5.92 Å². The molecule has 1 aromatic rings. The van der Waals surface area contributed by atoms with Crippen LogP contribution < -0.4 is 0 Å². The first kappa shape index (κ1) is 13.1. The van der Waals surface area contributed by atoms with Crippen LogP contribution in [0.1, 0.15) is 25.3 Å². The van der Waals surface area contributed by atoms with E-state index in [1.165, 1.54) is 5.56 Å². The molecule has 18 heavy (non-hydrogen) atoms. The van der Waals surface area contributed by atoms with Crippen molar-refractivity contribution in [2.24, 2.45) is 5.92 Å².